The monoisotopic (exact) mass is 452 g/mol. The first-order valence-electron chi connectivity index (χ1n) is 9.42. The van der Waals surface area contributed by atoms with Crippen LogP contribution >= 0.6 is 23.2 Å². The van der Waals surface area contributed by atoms with Crippen LogP contribution in [-0.2, 0) is 7.05 Å². The van der Waals surface area contributed by atoms with Crippen LogP contribution in [0.3, 0.4) is 0 Å². The van der Waals surface area contributed by atoms with Crippen molar-refractivity contribution in [2.45, 2.75) is 0 Å². The van der Waals surface area contributed by atoms with Crippen molar-refractivity contribution in [2.24, 2.45) is 7.05 Å². The van der Waals surface area contributed by atoms with E-state index in [0.717, 1.165) is 16.6 Å². The normalized spacial score (nSPS) is 10.8. The molecule has 0 atom stereocenters. The van der Waals surface area contributed by atoms with Gasteiger partial charge in [0.15, 0.2) is 0 Å². The number of nitrogens with zero attached hydrogens (tertiary/aromatic N) is 2. The van der Waals surface area contributed by atoms with E-state index < -0.39 is 0 Å². The molecule has 2 aromatic carbocycles. The third-order valence-electron chi connectivity index (χ3n) is 5.07. The average molecular weight is 453 g/mol. The average Bonchev–Trinajstić information content (AvgIpc) is 2.79. The molecule has 0 saturated carbocycles. The predicted molar refractivity (Wildman–Crippen MR) is 126 cm³/mol. The van der Waals surface area contributed by atoms with Crippen LogP contribution in [0.15, 0.2) is 65.7 Å². The third kappa shape index (κ3) is 3.87. The van der Waals surface area contributed by atoms with Crippen molar-refractivity contribution in [3.8, 4) is 11.1 Å². The van der Waals surface area contributed by atoms with Gasteiger partial charge in [0.1, 0.15) is 0 Å². The van der Waals surface area contributed by atoms with Crippen LogP contribution < -0.4 is 16.2 Å². The summed E-state index contributed by atoms with van der Waals surface area (Å²) in [5, 5.41) is 7.07. The van der Waals surface area contributed by atoms with Gasteiger partial charge >= 0.3 is 0 Å². The lowest BCUT2D eigenvalue weighted by molar-refractivity contribution is 0.102. The SMILES string of the molecule is CNc1ccc(C(=O)Nc2ccc(Cl)c(-c3cc4cnccc4n(C)c3=O)c2Cl)cc1. The number of carbonyl (C=O) groups excluding carboxylic acids is 1. The summed E-state index contributed by atoms with van der Waals surface area (Å²) in [6, 6.07) is 13.7. The highest BCUT2D eigenvalue weighted by Gasteiger charge is 2.19. The second-order valence-corrected chi connectivity index (χ2v) is 7.71. The minimum absolute atomic E-state index is 0.188. The fraction of sp³-hybridized carbons (Fsp3) is 0.0870. The van der Waals surface area contributed by atoms with E-state index in [0.29, 0.717) is 27.4 Å². The molecule has 0 bridgehead atoms. The second-order valence-electron chi connectivity index (χ2n) is 6.92. The van der Waals surface area contributed by atoms with Gasteiger partial charge in [-0.3, -0.25) is 14.6 Å². The fourth-order valence-electron chi connectivity index (χ4n) is 3.38. The number of pyridine rings is 2. The van der Waals surface area contributed by atoms with Crippen LogP contribution in [0.25, 0.3) is 22.0 Å². The molecule has 8 heteroatoms. The van der Waals surface area contributed by atoms with Crippen molar-refractivity contribution in [1.82, 2.24) is 9.55 Å². The number of carbonyl (C=O) groups is 1. The number of aryl methyl sites for hydroxylation is 1. The molecule has 0 radical (unpaired) electrons. The van der Waals surface area contributed by atoms with E-state index in [4.69, 9.17) is 23.2 Å². The number of anilines is 2. The van der Waals surface area contributed by atoms with Gasteiger partial charge in [-0.25, -0.2) is 0 Å². The van der Waals surface area contributed by atoms with Crippen molar-refractivity contribution in [3.63, 3.8) is 0 Å². The summed E-state index contributed by atoms with van der Waals surface area (Å²) in [4.78, 5) is 29.9. The highest BCUT2D eigenvalue weighted by atomic mass is 35.5. The zero-order chi connectivity index (χ0) is 22.1. The zero-order valence-electron chi connectivity index (χ0n) is 16.7. The molecule has 4 aromatic rings. The molecule has 2 N–H and O–H groups in total. The fourth-order valence-corrected chi connectivity index (χ4v) is 4.00. The highest BCUT2D eigenvalue weighted by molar-refractivity contribution is 6.41. The van der Waals surface area contributed by atoms with Crippen LogP contribution in [0.4, 0.5) is 11.4 Å². The van der Waals surface area contributed by atoms with Crippen LogP contribution in [-0.4, -0.2) is 22.5 Å². The Morgan fingerprint density at radius 3 is 2.52 bits per heavy atom. The van der Waals surface area contributed by atoms with E-state index in [-0.39, 0.29) is 16.5 Å². The maximum Gasteiger partial charge on any atom is 0.258 e. The van der Waals surface area contributed by atoms with Gasteiger partial charge in [0, 0.05) is 48.7 Å². The smallest absolute Gasteiger partial charge is 0.258 e. The van der Waals surface area contributed by atoms with E-state index in [2.05, 4.69) is 15.6 Å². The van der Waals surface area contributed by atoms with Gasteiger partial charge in [0.2, 0.25) is 0 Å². The topological polar surface area (TPSA) is 76.0 Å². The Balaban J connectivity index is 1.78. The van der Waals surface area contributed by atoms with Crippen molar-refractivity contribution < 1.29 is 4.79 Å². The van der Waals surface area contributed by atoms with Gasteiger partial charge in [-0.15, -0.1) is 0 Å². The summed E-state index contributed by atoms with van der Waals surface area (Å²) in [5.41, 5.74) is 2.89. The Hall–Kier alpha value is -3.35. The van der Waals surface area contributed by atoms with Crippen molar-refractivity contribution >= 4 is 51.4 Å². The molecule has 0 unspecified atom stereocenters. The highest BCUT2D eigenvalue weighted by Crippen LogP contribution is 2.39. The molecule has 2 aromatic heterocycles. The van der Waals surface area contributed by atoms with E-state index in [1.54, 1.807) is 75.0 Å². The maximum atomic E-state index is 13.0. The van der Waals surface area contributed by atoms with Crippen molar-refractivity contribution in [1.29, 1.82) is 0 Å². The molecule has 1 amide bonds. The number of amides is 1. The van der Waals surface area contributed by atoms with E-state index in [9.17, 15) is 9.59 Å². The van der Waals surface area contributed by atoms with E-state index >= 15 is 0 Å². The van der Waals surface area contributed by atoms with Crippen molar-refractivity contribution in [3.05, 3.63) is 86.9 Å². The lowest BCUT2D eigenvalue weighted by Gasteiger charge is -2.15. The number of halogens is 2. The van der Waals surface area contributed by atoms with Gasteiger partial charge in [0.05, 0.1) is 26.8 Å². The van der Waals surface area contributed by atoms with Crippen LogP contribution in [0.5, 0.6) is 0 Å². The molecule has 6 nitrogen and oxygen atoms in total. The molecular formula is C23H18Cl2N4O2. The zero-order valence-corrected chi connectivity index (χ0v) is 18.3. The Morgan fingerprint density at radius 1 is 1.06 bits per heavy atom. The Morgan fingerprint density at radius 2 is 1.81 bits per heavy atom. The molecule has 0 aliphatic heterocycles. The summed E-state index contributed by atoms with van der Waals surface area (Å²) in [6.07, 6.45) is 3.29. The predicted octanol–water partition coefficient (Wildman–Crippen LogP) is 5.20. The van der Waals surface area contributed by atoms with Crippen LogP contribution in [0, 0.1) is 0 Å². The van der Waals surface area contributed by atoms with Gasteiger partial charge < -0.3 is 15.2 Å². The summed E-state index contributed by atoms with van der Waals surface area (Å²) in [6.45, 7) is 0. The summed E-state index contributed by atoms with van der Waals surface area (Å²) in [5.74, 6) is -0.326. The molecule has 0 spiro atoms. The van der Waals surface area contributed by atoms with Crippen LogP contribution in [0.1, 0.15) is 10.4 Å². The van der Waals surface area contributed by atoms with Crippen LogP contribution in [0.2, 0.25) is 10.0 Å². The van der Waals surface area contributed by atoms with Crippen molar-refractivity contribution in [2.75, 3.05) is 17.7 Å². The number of nitrogens with one attached hydrogen (secondary N) is 2. The summed E-state index contributed by atoms with van der Waals surface area (Å²) in [7, 11) is 3.48. The molecule has 0 aliphatic rings. The third-order valence-corrected chi connectivity index (χ3v) is 5.78. The quantitative estimate of drug-likeness (QED) is 0.445. The molecule has 0 aliphatic carbocycles. The minimum Gasteiger partial charge on any atom is -0.388 e. The summed E-state index contributed by atoms with van der Waals surface area (Å²) >= 11 is 13.1. The molecule has 0 saturated heterocycles. The lowest BCUT2D eigenvalue weighted by Crippen LogP contribution is -2.19. The van der Waals surface area contributed by atoms with Gasteiger partial charge in [-0.2, -0.15) is 0 Å². The molecule has 4 rings (SSSR count). The number of hydrogen-bond acceptors (Lipinski definition) is 4. The Kier molecular flexibility index (Phi) is 5.67. The standard InChI is InChI=1S/C23H18Cl2N4O2/c1-26-15-5-3-13(4-6-15)22(30)28-18-8-7-17(24)20(21(18)25)16-11-14-12-27-10-9-19(14)29(2)23(16)31/h3-12,26H,1-2H3,(H,28,30). The summed E-state index contributed by atoms with van der Waals surface area (Å²) < 4.78 is 1.52. The van der Waals surface area contributed by atoms with E-state index in [1.807, 2.05) is 0 Å². The number of fused-ring (bicyclic) bond motifs is 1. The Labute approximate surface area is 188 Å². The second kappa shape index (κ2) is 8.41. The largest absolute Gasteiger partial charge is 0.388 e. The van der Waals surface area contributed by atoms with Gasteiger partial charge in [-0.1, -0.05) is 23.2 Å². The first-order chi connectivity index (χ1) is 14.9. The molecule has 0 fully saturated rings. The first kappa shape index (κ1) is 20.9. The number of rotatable bonds is 4. The number of benzene rings is 2. The van der Waals surface area contributed by atoms with Gasteiger partial charge in [-0.05, 0) is 48.5 Å². The first-order valence-corrected chi connectivity index (χ1v) is 10.2. The Bertz CT molecular complexity index is 1360. The van der Waals surface area contributed by atoms with E-state index in [1.165, 1.54) is 4.57 Å². The lowest BCUT2D eigenvalue weighted by atomic mass is 10.0. The number of aromatic nitrogens is 2. The van der Waals surface area contributed by atoms with Gasteiger partial charge in [0.25, 0.3) is 11.5 Å². The molecule has 2 heterocycles. The molecule has 156 valence electrons. The number of hydrogen-bond donors (Lipinski definition) is 2. The molecular weight excluding hydrogens is 435 g/mol. The maximum absolute atomic E-state index is 13.0. The molecule has 31 heavy (non-hydrogen) atoms. The minimum atomic E-state index is -0.326.